The molecule has 32 aromatic rings. The van der Waals surface area contributed by atoms with E-state index in [1.165, 1.54) is 175 Å². The van der Waals surface area contributed by atoms with Crippen LogP contribution in [0.25, 0.3) is 296 Å². The quantitative estimate of drug-likeness (QED) is 0.165. The van der Waals surface area contributed by atoms with Crippen LogP contribution < -0.4 is 0 Å². The monoisotopic (exact) mass is 1800 g/mol. The number of aromatic nitrogens is 4. The lowest BCUT2D eigenvalue weighted by Crippen LogP contribution is -2.14. The standard InChI is InChI=1S/C53H43N.C42H22N2O2.C37H18N2O2/c1-30(2)34-15-17-37-28-50-44(23-39(37)21-34)46-25-41(26-47-45-24-40-22-35(31(3)4)16-18-38(40)29-51(45)54(50)52(46)47)33-13-11-32(12-14-33)36-19-20-43-42-9-7-8-10-48(42)53(5,6)49(43)27-36;1-5-13-34-24(9-1)25-10-2-6-14-35(25)43(34)23-21-32-28-17-19-30-26-11-3-7-15-36(26)45-41(30)39(28)44-38(32)33(22-23)29-18-20-31-27-12-4-8-16-37(27)46-42(31)40(29)44;38-19-20-9-11-21(12-10-20)22-17-29-25-13-15-27-23-5-1-3-7-31(23)40-36(27)34(25)39-33(29)30(18-22)26-14-16-28-24-6-2-4-8-32(24)41-37(28)35(26)39/h7-31H,1-6H3;1-22H;1-18H. The van der Waals surface area contributed by atoms with Crippen LogP contribution >= 0.6 is 0 Å². The molecule has 141 heavy (non-hydrogen) atoms. The largest absolute Gasteiger partial charge is 0.454 e. The van der Waals surface area contributed by atoms with Crippen molar-refractivity contribution in [3.63, 3.8) is 0 Å². The molecule has 0 saturated carbocycles. The van der Waals surface area contributed by atoms with Gasteiger partial charge in [0.1, 0.15) is 22.3 Å². The average molecular weight is 1800 g/mol. The zero-order valence-corrected chi connectivity index (χ0v) is 77.9. The topological polar surface area (TPSA) is 94.5 Å². The van der Waals surface area contributed by atoms with E-state index in [2.05, 4.69) is 387 Å². The first-order chi connectivity index (χ1) is 69.2. The molecule has 0 fully saturated rings. The van der Waals surface area contributed by atoms with Crippen LogP contribution in [0.2, 0.25) is 0 Å². The molecule has 0 atom stereocenters. The first-order valence-corrected chi connectivity index (χ1v) is 49.0. The van der Waals surface area contributed by atoms with Crippen LogP contribution in [0.3, 0.4) is 0 Å². The normalized spacial score (nSPS) is 13.1. The molecule has 0 aliphatic heterocycles. The van der Waals surface area contributed by atoms with Gasteiger partial charge in [-0.05, 0) is 240 Å². The van der Waals surface area contributed by atoms with E-state index in [1.807, 2.05) is 60.7 Å². The summed E-state index contributed by atoms with van der Waals surface area (Å²) in [6.45, 7) is 13.8. The first kappa shape index (κ1) is 78.2. The van der Waals surface area contributed by atoms with E-state index < -0.39 is 0 Å². The second-order valence-corrected chi connectivity index (χ2v) is 40.3. The Morgan fingerprint density at radius 3 is 0.993 bits per heavy atom. The predicted octanol–water partition coefficient (Wildman–Crippen LogP) is 36.9. The maximum atomic E-state index is 9.34. The van der Waals surface area contributed by atoms with E-state index in [0.717, 1.165) is 143 Å². The van der Waals surface area contributed by atoms with E-state index in [4.69, 9.17) is 17.7 Å². The highest BCUT2D eigenvalue weighted by Crippen LogP contribution is 2.55. The number of hydrogen-bond acceptors (Lipinski definition) is 5. The van der Waals surface area contributed by atoms with Gasteiger partial charge >= 0.3 is 0 Å². The van der Waals surface area contributed by atoms with E-state index in [0.29, 0.717) is 17.4 Å². The van der Waals surface area contributed by atoms with Gasteiger partial charge in [0.15, 0.2) is 22.3 Å². The average Bonchev–Trinajstić information content (AvgIpc) is 1.53. The molecule has 0 spiro atoms. The van der Waals surface area contributed by atoms with Gasteiger partial charge in [-0.25, -0.2) is 0 Å². The Hall–Kier alpha value is -18.0. The molecule has 0 N–H and O–H groups in total. The Labute approximate surface area is 805 Å². The molecule has 0 amide bonds. The number of furan rings is 4. The minimum absolute atomic E-state index is 0.0151. The fourth-order valence-corrected chi connectivity index (χ4v) is 25.0. The molecular weight excluding hydrogens is 1720 g/mol. The van der Waals surface area contributed by atoms with Gasteiger partial charge < -0.3 is 35.4 Å². The molecule has 1 aliphatic carbocycles. The van der Waals surface area contributed by atoms with Crippen molar-refractivity contribution in [2.75, 3.05) is 0 Å². The maximum absolute atomic E-state index is 9.34. The zero-order valence-electron chi connectivity index (χ0n) is 77.9. The number of fused-ring (bicyclic) bond motifs is 42. The summed E-state index contributed by atoms with van der Waals surface area (Å²) in [6.07, 6.45) is 0. The molecule has 33 rings (SSSR count). The van der Waals surface area contributed by atoms with Gasteiger partial charge in [-0.15, -0.1) is 0 Å². The van der Waals surface area contributed by atoms with Gasteiger partial charge in [0, 0.05) is 130 Å². The molecule has 660 valence electrons. The highest BCUT2D eigenvalue weighted by atomic mass is 16.3. The van der Waals surface area contributed by atoms with E-state index in [9.17, 15) is 5.26 Å². The zero-order chi connectivity index (χ0) is 93.1. The summed E-state index contributed by atoms with van der Waals surface area (Å²) in [7, 11) is 0. The summed E-state index contributed by atoms with van der Waals surface area (Å²) < 4.78 is 36.4. The third-order valence-electron chi connectivity index (χ3n) is 31.8. The minimum atomic E-state index is -0.0151. The van der Waals surface area contributed by atoms with Crippen molar-refractivity contribution in [3.8, 4) is 56.3 Å². The van der Waals surface area contributed by atoms with Crippen LogP contribution in [0.4, 0.5) is 0 Å². The first-order valence-electron chi connectivity index (χ1n) is 49.0. The van der Waals surface area contributed by atoms with E-state index >= 15 is 0 Å². The SMILES string of the molecule is CC(C)c1ccc2cc3c(cc2c1)c1cc(-c2ccc(-c4ccc5c(c4)C(C)(C)c4ccccc4-5)cc2)cc2c4cc5cc(C(C)C)ccc5cc4n3c12.N#Cc1ccc(-c2cc3c4ccc5c6ccccc6oc5c4n4c3c(c2)c2ccc3c5ccccc5oc3c24)cc1.c1ccc2c(c1)oc1c2ccc2c3cc(-n4c5ccccc5c5ccccc54)cc4c5ccc6c7ccccc7oc6c5n(c34)c21. The van der Waals surface area contributed by atoms with Crippen molar-refractivity contribution in [2.45, 2.75) is 58.8 Å². The molecule has 0 saturated heterocycles. The Morgan fingerprint density at radius 2 is 0.574 bits per heavy atom. The molecule has 11 aromatic heterocycles. The van der Waals surface area contributed by atoms with Crippen LogP contribution in [0.5, 0.6) is 0 Å². The van der Waals surface area contributed by atoms with E-state index in [-0.39, 0.29) is 5.41 Å². The minimum Gasteiger partial charge on any atom is -0.454 e. The van der Waals surface area contributed by atoms with Crippen molar-refractivity contribution in [3.05, 3.63) is 410 Å². The molecule has 9 nitrogen and oxygen atoms in total. The highest BCUT2D eigenvalue weighted by Gasteiger charge is 2.37. The van der Waals surface area contributed by atoms with Crippen LogP contribution in [0.1, 0.15) is 81.2 Å². The van der Waals surface area contributed by atoms with Crippen molar-refractivity contribution in [1.82, 2.24) is 17.8 Å². The number of nitriles is 1. The molecule has 9 heteroatoms. The third kappa shape index (κ3) is 10.8. The van der Waals surface area contributed by atoms with Crippen molar-refractivity contribution in [2.24, 2.45) is 0 Å². The molecular formula is C132H83N5O4. The second-order valence-electron chi connectivity index (χ2n) is 40.3. The summed E-state index contributed by atoms with van der Waals surface area (Å²) in [5, 5.41) is 40.6. The Balaban J connectivity index is 0.0000000981. The summed E-state index contributed by atoms with van der Waals surface area (Å²) in [5.74, 6) is 0.977. The molecule has 0 radical (unpaired) electrons. The smallest absolute Gasteiger partial charge is 0.160 e. The lowest BCUT2D eigenvalue weighted by atomic mass is 9.81. The van der Waals surface area contributed by atoms with Gasteiger partial charge in [0.05, 0.1) is 72.3 Å². The molecule has 0 bridgehead atoms. The number of hydrogen-bond donors (Lipinski definition) is 0. The lowest BCUT2D eigenvalue weighted by molar-refractivity contribution is 0.660. The summed E-state index contributed by atoms with van der Waals surface area (Å²) in [5.41, 5.74) is 37.3. The fraction of sp³-hybridized carbons (Fsp3) is 0.0682. The van der Waals surface area contributed by atoms with Crippen molar-refractivity contribution >= 4 is 245 Å². The van der Waals surface area contributed by atoms with Crippen LogP contribution in [-0.4, -0.2) is 17.8 Å². The summed E-state index contributed by atoms with van der Waals surface area (Å²) in [6, 6.07) is 142. The van der Waals surface area contributed by atoms with Gasteiger partial charge in [-0.2, -0.15) is 5.26 Å². The van der Waals surface area contributed by atoms with Crippen molar-refractivity contribution in [1.29, 1.82) is 5.26 Å². The van der Waals surface area contributed by atoms with Gasteiger partial charge in [0.25, 0.3) is 0 Å². The Morgan fingerprint density at radius 1 is 0.234 bits per heavy atom. The number of para-hydroxylation sites is 6. The highest BCUT2D eigenvalue weighted by molar-refractivity contribution is 6.35. The van der Waals surface area contributed by atoms with Crippen molar-refractivity contribution < 1.29 is 17.7 Å². The second kappa shape index (κ2) is 28.4. The summed E-state index contributed by atoms with van der Waals surface area (Å²) in [4.78, 5) is 0. The summed E-state index contributed by atoms with van der Waals surface area (Å²) >= 11 is 0. The van der Waals surface area contributed by atoms with Crippen LogP contribution in [0.15, 0.2) is 400 Å². The lowest BCUT2D eigenvalue weighted by Gasteiger charge is -2.22. The number of benzene rings is 21. The van der Waals surface area contributed by atoms with Crippen LogP contribution in [-0.2, 0) is 5.41 Å². The fourth-order valence-electron chi connectivity index (χ4n) is 25.0. The molecule has 0 unspecified atom stereocenters. The van der Waals surface area contributed by atoms with Crippen LogP contribution in [0, 0.1) is 11.3 Å². The molecule has 1 aliphatic rings. The molecule has 11 heterocycles. The predicted molar refractivity (Wildman–Crippen MR) is 589 cm³/mol. The molecule has 21 aromatic carbocycles. The Kier molecular flexibility index (Phi) is 15.7. The number of rotatable bonds is 6. The maximum Gasteiger partial charge on any atom is 0.160 e. The van der Waals surface area contributed by atoms with Gasteiger partial charge in [-0.1, -0.05) is 284 Å². The van der Waals surface area contributed by atoms with E-state index in [1.54, 1.807) is 0 Å². The number of nitrogens with zero attached hydrogens (tertiary/aromatic N) is 5. The Bertz CT molecular complexity index is 10700. The van der Waals surface area contributed by atoms with Gasteiger partial charge in [0.2, 0.25) is 0 Å². The van der Waals surface area contributed by atoms with Gasteiger partial charge in [-0.3, -0.25) is 0 Å². The third-order valence-corrected chi connectivity index (χ3v) is 31.8.